The van der Waals surface area contributed by atoms with Gasteiger partial charge in [-0.1, -0.05) is 54.6 Å². The van der Waals surface area contributed by atoms with Crippen molar-refractivity contribution in [2.24, 2.45) is 0 Å². The zero-order valence-electron chi connectivity index (χ0n) is 17.0. The first-order chi connectivity index (χ1) is 15.0. The van der Waals surface area contributed by atoms with E-state index in [1.807, 2.05) is 48.5 Å². The highest BCUT2D eigenvalue weighted by Crippen LogP contribution is 2.20. The van der Waals surface area contributed by atoms with Crippen LogP contribution >= 0.6 is 34.8 Å². The van der Waals surface area contributed by atoms with Gasteiger partial charge in [0.25, 0.3) is 11.8 Å². The summed E-state index contributed by atoms with van der Waals surface area (Å²) in [5.41, 5.74) is 2.81. The molecule has 5 nitrogen and oxygen atoms in total. The van der Waals surface area contributed by atoms with Crippen LogP contribution in [0.5, 0.6) is 0 Å². The average molecular weight is 543 g/mol. The summed E-state index contributed by atoms with van der Waals surface area (Å²) in [7, 11) is 1.73. The van der Waals surface area contributed by atoms with E-state index in [0.29, 0.717) is 23.4 Å². The van der Waals surface area contributed by atoms with Gasteiger partial charge in [0, 0.05) is 17.2 Å². The monoisotopic (exact) mass is 543 g/mol. The minimum atomic E-state index is -0.286. The third-order valence-electron chi connectivity index (χ3n) is 4.70. The Bertz CT molecular complexity index is 1090. The second kappa shape index (κ2) is 11.0. The molecule has 0 unspecified atom stereocenters. The Hall–Kier alpha value is -2.78. The molecule has 3 rings (SSSR count). The maximum absolute atomic E-state index is 12.8. The summed E-state index contributed by atoms with van der Waals surface area (Å²) in [6, 6.07) is 24.4. The Labute approximate surface area is 201 Å². The summed E-state index contributed by atoms with van der Waals surface area (Å²) >= 11 is 7.55. The SMILES string of the molecule is CN(C(=S)NC(=O)c1ccccc1I)c1ccccc1C(=O)NCCc1ccccc1. The highest BCUT2D eigenvalue weighted by molar-refractivity contribution is 14.1. The highest BCUT2D eigenvalue weighted by atomic mass is 127. The third kappa shape index (κ3) is 6.11. The number of carbonyl (C=O) groups is 2. The van der Waals surface area contributed by atoms with Crippen molar-refractivity contribution in [2.75, 3.05) is 18.5 Å². The lowest BCUT2D eigenvalue weighted by atomic mass is 10.1. The van der Waals surface area contributed by atoms with Crippen LogP contribution in [0.25, 0.3) is 0 Å². The molecule has 0 aromatic heterocycles. The molecule has 3 aromatic carbocycles. The van der Waals surface area contributed by atoms with Crippen LogP contribution in [0.2, 0.25) is 0 Å². The fourth-order valence-electron chi connectivity index (χ4n) is 3.02. The van der Waals surface area contributed by atoms with E-state index in [1.54, 1.807) is 42.3 Å². The molecule has 2 N–H and O–H groups in total. The molecule has 0 aliphatic carbocycles. The number of anilines is 1. The zero-order valence-corrected chi connectivity index (χ0v) is 19.9. The van der Waals surface area contributed by atoms with Crippen molar-refractivity contribution >= 4 is 57.4 Å². The Kier molecular flexibility index (Phi) is 8.13. The van der Waals surface area contributed by atoms with Gasteiger partial charge in [0.1, 0.15) is 0 Å². The number of benzene rings is 3. The Balaban J connectivity index is 1.66. The largest absolute Gasteiger partial charge is 0.352 e. The number of rotatable bonds is 6. The fourth-order valence-corrected chi connectivity index (χ4v) is 3.84. The number of para-hydroxylation sites is 1. The summed E-state index contributed by atoms with van der Waals surface area (Å²) in [6.07, 6.45) is 0.745. The van der Waals surface area contributed by atoms with Crippen LogP contribution in [0.3, 0.4) is 0 Å². The first kappa shape index (κ1) is 22.9. The molecule has 158 valence electrons. The number of hydrogen-bond acceptors (Lipinski definition) is 3. The Morgan fingerprint density at radius 2 is 1.48 bits per heavy atom. The van der Waals surface area contributed by atoms with Crippen LogP contribution in [-0.2, 0) is 6.42 Å². The van der Waals surface area contributed by atoms with E-state index in [-0.39, 0.29) is 16.9 Å². The number of thiocarbonyl (C=S) groups is 1. The topological polar surface area (TPSA) is 61.4 Å². The molecule has 0 bridgehead atoms. The van der Waals surface area contributed by atoms with Crippen LogP contribution < -0.4 is 15.5 Å². The number of halogens is 1. The first-order valence-corrected chi connectivity index (χ1v) is 11.2. The van der Waals surface area contributed by atoms with Gasteiger partial charge in [0.05, 0.1) is 16.8 Å². The number of nitrogens with one attached hydrogen (secondary N) is 2. The van der Waals surface area contributed by atoms with Crippen LogP contribution in [0.15, 0.2) is 78.9 Å². The van der Waals surface area contributed by atoms with Gasteiger partial charge in [-0.25, -0.2) is 0 Å². The lowest BCUT2D eigenvalue weighted by Crippen LogP contribution is -2.41. The Morgan fingerprint density at radius 3 is 2.19 bits per heavy atom. The van der Waals surface area contributed by atoms with Crippen LogP contribution in [-0.4, -0.2) is 30.5 Å². The van der Waals surface area contributed by atoms with Crippen molar-refractivity contribution in [1.29, 1.82) is 0 Å². The summed E-state index contributed by atoms with van der Waals surface area (Å²) in [4.78, 5) is 27.0. The molecular weight excluding hydrogens is 521 g/mol. The van der Waals surface area contributed by atoms with Gasteiger partial charge in [0.2, 0.25) is 0 Å². The van der Waals surface area contributed by atoms with Crippen molar-refractivity contribution in [2.45, 2.75) is 6.42 Å². The first-order valence-electron chi connectivity index (χ1n) is 9.72. The quantitative estimate of drug-likeness (QED) is 0.357. The van der Waals surface area contributed by atoms with Gasteiger partial charge in [-0.3, -0.25) is 14.9 Å². The van der Waals surface area contributed by atoms with Crippen LogP contribution in [0.4, 0.5) is 5.69 Å². The van der Waals surface area contributed by atoms with E-state index in [4.69, 9.17) is 12.2 Å². The average Bonchev–Trinajstić information content (AvgIpc) is 2.79. The molecule has 31 heavy (non-hydrogen) atoms. The fraction of sp³-hybridized carbons (Fsp3) is 0.125. The molecule has 0 fully saturated rings. The zero-order chi connectivity index (χ0) is 22.2. The van der Waals surface area contributed by atoms with Gasteiger partial charge < -0.3 is 10.2 Å². The summed E-state index contributed by atoms with van der Waals surface area (Å²) in [6.45, 7) is 0.522. The normalized spacial score (nSPS) is 10.3. The molecule has 0 aliphatic rings. The Morgan fingerprint density at radius 1 is 0.871 bits per heavy atom. The molecule has 7 heteroatoms. The lowest BCUT2D eigenvalue weighted by Gasteiger charge is -2.23. The van der Waals surface area contributed by atoms with E-state index in [0.717, 1.165) is 15.6 Å². The van der Waals surface area contributed by atoms with Gasteiger partial charge in [-0.2, -0.15) is 0 Å². The standard InChI is InChI=1S/C24H22IN3O2S/c1-28(24(31)27-23(30)18-11-5-7-13-20(18)25)21-14-8-6-12-19(21)22(29)26-16-15-17-9-3-2-4-10-17/h2-14H,15-16H2,1H3,(H,26,29)(H,27,30,31). The van der Waals surface area contributed by atoms with Gasteiger partial charge in [-0.05, 0) is 71.1 Å². The molecule has 0 atom stereocenters. The smallest absolute Gasteiger partial charge is 0.258 e. The maximum atomic E-state index is 12.8. The molecule has 3 aromatic rings. The molecule has 0 aliphatic heterocycles. The van der Waals surface area contributed by atoms with E-state index >= 15 is 0 Å². The predicted molar refractivity (Wildman–Crippen MR) is 137 cm³/mol. The van der Waals surface area contributed by atoms with Crippen molar-refractivity contribution in [3.8, 4) is 0 Å². The van der Waals surface area contributed by atoms with Crippen LogP contribution in [0, 0.1) is 3.57 Å². The number of carbonyl (C=O) groups excluding carboxylic acids is 2. The molecule has 0 spiro atoms. The third-order valence-corrected chi connectivity index (χ3v) is 6.01. The van der Waals surface area contributed by atoms with Crippen molar-refractivity contribution < 1.29 is 9.59 Å². The summed E-state index contributed by atoms with van der Waals surface area (Å²) < 4.78 is 0.834. The van der Waals surface area contributed by atoms with Gasteiger partial charge >= 0.3 is 0 Å². The van der Waals surface area contributed by atoms with Crippen LogP contribution in [0.1, 0.15) is 26.3 Å². The van der Waals surface area contributed by atoms with Crippen molar-refractivity contribution in [3.05, 3.63) is 99.1 Å². The summed E-state index contributed by atoms with van der Waals surface area (Å²) in [5, 5.41) is 5.92. The minimum absolute atomic E-state index is 0.190. The van der Waals surface area contributed by atoms with E-state index in [2.05, 4.69) is 33.2 Å². The van der Waals surface area contributed by atoms with Crippen molar-refractivity contribution in [1.82, 2.24) is 10.6 Å². The molecule has 2 amide bonds. The summed E-state index contributed by atoms with van der Waals surface area (Å²) in [5.74, 6) is -0.475. The van der Waals surface area contributed by atoms with Gasteiger partial charge in [0.15, 0.2) is 5.11 Å². The van der Waals surface area contributed by atoms with Gasteiger partial charge in [-0.15, -0.1) is 0 Å². The molecule has 0 heterocycles. The lowest BCUT2D eigenvalue weighted by molar-refractivity contribution is 0.0952. The second-order valence-electron chi connectivity index (χ2n) is 6.81. The number of nitrogens with zero attached hydrogens (tertiary/aromatic N) is 1. The molecular formula is C24H22IN3O2S. The van der Waals surface area contributed by atoms with E-state index < -0.39 is 0 Å². The number of amides is 2. The van der Waals surface area contributed by atoms with Crippen molar-refractivity contribution in [3.63, 3.8) is 0 Å². The molecule has 0 saturated carbocycles. The highest BCUT2D eigenvalue weighted by Gasteiger charge is 2.18. The number of hydrogen-bond donors (Lipinski definition) is 2. The van der Waals surface area contributed by atoms with E-state index in [1.165, 1.54) is 0 Å². The molecule has 0 radical (unpaired) electrons. The molecule has 0 saturated heterocycles. The minimum Gasteiger partial charge on any atom is -0.352 e. The predicted octanol–water partition coefficient (Wildman–Crippen LogP) is 4.41. The maximum Gasteiger partial charge on any atom is 0.258 e. The second-order valence-corrected chi connectivity index (χ2v) is 8.36. The van der Waals surface area contributed by atoms with E-state index in [9.17, 15) is 9.59 Å².